The first kappa shape index (κ1) is 15.4. The second-order valence-corrected chi connectivity index (χ2v) is 6.94. The Morgan fingerprint density at radius 2 is 1.80 bits per heavy atom. The third-order valence-corrected chi connectivity index (χ3v) is 4.63. The first-order valence-corrected chi connectivity index (χ1v) is 8.00. The topological polar surface area (TPSA) is 35.2 Å². The molecule has 0 heterocycles. The van der Waals surface area contributed by atoms with E-state index in [1.54, 1.807) is 0 Å². The Morgan fingerprint density at radius 3 is 2.35 bits per heavy atom. The highest BCUT2D eigenvalue weighted by Gasteiger charge is 2.30. The van der Waals surface area contributed by atoms with E-state index in [4.69, 9.17) is 10.5 Å². The van der Waals surface area contributed by atoms with Crippen LogP contribution in [0, 0.1) is 11.3 Å². The average molecular weight is 275 g/mol. The Bertz CT molecular complexity index is 400. The maximum absolute atomic E-state index is 6.47. The fraction of sp³-hybridized carbons (Fsp3) is 0.667. The monoisotopic (exact) mass is 275 g/mol. The number of rotatable bonds is 5. The van der Waals surface area contributed by atoms with Gasteiger partial charge in [0.05, 0.1) is 6.61 Å². The van der Waals surface area contributed by atoms with Crippen molar-refractivity contribution >= 4 is 0 Å². The Kier molecular flexibility index (Phi) is 5.09. The molecule has 0 aromatic heterocycles. The quantitative estimate of drug-likeness (QED) is 0.846. The molecule has 1 aliphatic carbocycles. The summed E-state index contributed by atoms with van der Waals surface area (Å²) in [5.41, 5.74) is 8.22. The van der Waals surface area contributed by atoms with Gasteiger partial charge in [0.25, 0.3) is 0 Å². The molecule has 2 rings (SSSR count). The van der Waals surface area contributed by atoms with E-state index in [9.17, 15) is 0 Å². The molecule has 2 nitrogen and oxygen atoms in total. The summed E-state index contributed by atoms with van der Waals surface area (Å²) >= 11 is 0. The van der Waals surface area contributed by atoms with Gasteiger partial charge in [0.1, 0.15) is 5.75 Å². The van der Waals surface area contributed by atoms with Gasteiger partial charge in [0, 0.05) is 6.04 Å². The molecule has 2 heteroatoms. The molecular formula is C18H29NO. The second-order valence-electron chi connectivity index (χ2n) is 6.94. The van der Waals surface area contributed by atoms with Crippen molar-refractivity contribution in [2.75, 3.05) is 6.61 Å². The zero-order chi connectivity index (χ0) is 14.6. The fourth-order valence-corrected chi connectivity index (χ4v) is 3.06. The molecule has 112 valence electrons. The summed E-state index contributed by atoms with van der Waals surface area (Å²) in [5.74, 6) is 1.58. The van der Waals surface area contributed by atoms with Gasteiger partial charge in [-0.25, -0.2) is 0 Å². The number of ether oxygens (including phenoxy) is 1. The molecule has 0 bridgehead atoms. The Balaban J connectivity index is 1.94. The summed E-state index contributed by atoms with van der Waals surface area (Å²) in [5, 5.41) is 0. The number of hydrogen-bond acceptors (Lipinski definition) is 2. The lowest BCUT2D eigenvalue weighted by Crippen LogP contribution is -2.29. The molecule has 1 fully saturated rings. The molecule has 1 aliphatic rings. The predicted octanol–water partition coefficient (Wildman–Crippen LogP) is 4.69. The van der Waals surface area contributed by atoms with E-state index >= 15 is 0 Å². The minimum absolute atomic E-state index is 0.173. The highest BCUT2D eigenvalue weighted by Crippen LogP contribution is 2.42. The van der Waals surface area contributed by atoms with E-state index in [1.807, 2.05) is 0 Å². The molecular weight excluding hydrogens is 246 g/mol. The third kappa shape index (κ3) is 3.99. The standard InChI is InChI=1S/C18H29NO/c1-4-13-20-16-7-5-14(6-8-16)17(19)15-9-11-18(2,3)12-10-15/h5-8,15,17H,4,9-13,19H2,1-3H3. The van der Waals surface area contributed by atoms with Crippen molar-refractivity contribution < 1.29 is 4.74 Å². The molecule has 0 amide bonds. The van der Waals surface area contributed by atoms with Crippen LogP contribution in [0.5, 0.6) is 5.75 Å². The van der Waals surface area contributed by atoms with E-state index < -0.39 is 0 Å². The summed E-state index contributed by atoms with van der Waals surface area (Å²) in [7, 11) is 0. The lowest BCUT2D eigenvalue weighted by Gasteiger charge is -2.37. The minimum atomic E-state index is 0.173. The van der Waals surface area contributed by atoms with Crippen LogP contribution in [0.25, 0.3) is 0 Å². The Labute approximate surface area is 123 Å². The molecule has 0 radical (unpaired) electrons. The van der Waals surface area contributed by atoms with Crippen molar-refractivity contribution in [1.82, 2.24) is 0 Å². The average Bonchev–Trinajstić information content (AvgIpc) is 2.45. The van der Waals surface area contributed by atoms with Gasteiger partial charge in [0.15, 0.2) is 0 Å². The number of nitrogens with two attached hydrogens (primary N) is 1. The van der Waals surface area contributed by atoms with Crippen molar-refractivity contribution in [3.63, 3.8) is 0 Å². The van der Waals surface area contributed by atoms with Crippen LogP contribution < -0.4 is 10.5 Å². The van der Waals surface area contributed by atoms with Crippen LogP contribution in [-0.2, 0) is 0 Å². The van der Waals surface area contributed by atoms with Gasteiger partial charge in [-0.1, -0.05) is 32.9 Å². The van der Waals surface area contributed by atoms with Crippen molar-refractivity contribution in [3.8, 4) is 5.75 Å². The van der Waals surface area contributed by atoms with Gasteiger partial charge in [0.2, 0.25) is 0 Å². The van der Waals surface area contributed by atoms with Crippen LogP contribution in [-0.4, -0.2) is 6.61 Å². The SMILES string of the molecule is CCCOc1ccc(C(N)C2CCC(C)(C)CC2)cc1. The molecule has 1 saturated carbocycles. The lowest BCUT2D eigenvalue weighted by atomic mass is 9.70. The van der Waals surface area contributed by atoms with Gasteiger partial charge in [-0.15, -0.1) is 0 Å². The summed E-state index contributed by atoms with van der Waals surface area (Å²) in [4.78, 5) is 0. The molecule has 1 atom stereocenters. The predicted molar refractivity (Wildman–Crippen MR) is 84.9 cm³/mol. The summed E-state index contributed by atoms with van der Waals surface area (Å²) < 4.78 is 5.62. The molecule has 1 unspecified atom stereocenters. The van der Waals surface area contributed by atoms with Crippen LogP contribution in [0.3, 0.4) is 0 Å². The normalized spacial score (nSPS) is 20.6. The van der Waals surface area contributed by atoms with Gasteiger partial charge in [-0.2, -0.15) is 0 Å². The van der Waals surface area contributed by atoms with Crippen molar-refractivity contribution in [1.29, 1.82) is 0 Å². The lowest BCUT2D eigenvalue weighted by molar-refractivity contribution is 0.173. The number of benzene rings is 1. The van der Waals surface area contributed by atoms with Crippen molar-refractivity contribution in [2.24, 2.45) is 17.1 Å². The highest BCUT2D eigenvalue weighted by atomic mass is 16.5. The summed E-state index contributed by atoms with van der Waals surface area (Å²) in [6, 6.07) is 8.55. The van der Waals surface area contributed by atoms with E-state index in [-0.39, 0.29) is 6.04 Å². The van der Waals surface area contributed by atoms with Gasteiger partial charge in [-0.05, 0) is 61.1 Å². The molecule has 1 aromatic rings. The third-order valence-electron chi connectivity index (χ3n) is 4.63. The summed E-state index contributed by atoms with van der Waals surface area (Å²) in [6.45, 7) is 7.64. The Hall–Kier alpha value is -1.02. The fourth-order valence-electron chi connectivity index (χ4n) is 3.06. The smallest absolute Gasteiger partial charge is 0.119 e. The van der Waals surface area contributed by atoms with Gasteiger partial charge >= 0.3 is 0 Å². The first-order valence-electron chi connectivity index (χ1n) is 8.00. The van der Waals surface area contributed by atoms with Crippen LogP contribution in [0.4, 0.5) is 0 Å². The van der Waals surface area contributed by atoms with Crippen molar-refractivity contribution in [2.45, 2.75) is 58.9 Å². The molecule has 20 heavy (non-hydrogen) atoms. The Morgan fingerprint density at radius 1 is 1.20 bits per heavy atom. The maximum atomic E-state index is 6.47. The van der Waals surface area contributed by atoms with Gasteiger partial charge < -0.3 is 10.5 Å². The number of hydrogen-bond donors (Lipinski definition) is 1. The second kappa shape index (κ2) is 6.62. The van der Waals surface area contributed by atoms with Crippen LogP contribution in [0.1, 0.15) is 64.5 Å². The van der Waals surface area contributed by atoms with E-state index in [2.05, 4.69) is 45.0 Å². The first-order chi connectivity index (χ1) is 9.52. The van der Waals surface area contributed by atoms with E-state index in [0.29, 0.717) is 11.3 Å². The van der Waals surface area contributed by atoms with Crippen molar-refractivity contribution in [3.05, 3.63) is 29.8 Å². The van der Waals surface area contributed by atoms with Crippen LogP contribution in [0.2, 0.25) is 0 Å². The largest absolute Gasteiger partial charge is 0.494 e. The molecule has 0 spiro atoms. The van der Waals surface area contributed by atoms with Crippen LogP contribution in [0.15, 0.2) is 24.3 Å². The van der Waals surface area contributed by atoms with Gasteiger partial charge in [-0.3, -0.25) is 0 Å². The highest BCUT2D eigenvalue weighted by molar-refractivity contribution is 5.29. The maximum Gasteiger partial charge on any atom is 0.119 e. The van der Waals surface area contributed by atoms with E-state index in [0.717, 1.165) is 18.8 Å². The van der Waals surface area contributed by atoms with Crippen LogP contribution >= 0.6 is 0 Å². The molecule has 1 aromatic carbocycles. The molecule has 0 aliphatic heterocycles. The molecule has 2 N–H and O–H groups in total. The zero-order valence-corrected chi connectivity index (χ0v) is 13.2. The zero-order valence-electron chi connectivity index (χ0n) is 13.2. The minimum Gasteiger partial charge on any atom is -0.494 e. The molecule has 0 saturated heterocycles. The summed E-state index contributed by atoms with van der Waals surface area (Å²) in [6.07, 6.45) is 6.13. The van der Waals surface area contributed by atoms with E-state index in [1.165, 1.54) is 31.2 Å².